The van der Waals surface area contributed by atoms with Crippen molar-refractivity contribution in [2.75, 3.05) is 0 Å². The van der Waals surface area contributed by atoms with E-state index in [-0.39, 0.29) is 34.9 Å². The van der Waals surface area contributed by atoms with Crippen molar-refractivity contribution >= 4 is 22.5 Å². The van der Waals surface area contributed by atoms with Crippen LogP contribution in [0.2, 0.25) is 0 Å². The zero-order valence-corrected chi connectivity index (χ0v) is 19.5. The first kappa shape index (κ1) is 23.2. The van der Waals surface area contributed by atoms with Gasteiger partial charge in [-0.25, -0.2) is 0 Å². The van der Waals surface area contributed by atoms with Crippen LogP contribution in [0.4, 0.5) is 5.69 Å². The van der Waals surface area contributed by atoms with Crippen LogP contribution in [0.5, 0.6) is 0 Å². The lowest BCUT2D eigenvalue weighted by Gasteiger charge is -2.19. The summed E-state index contributed by atoms with van der Waals surface area (Å²) in [7, 11) is 0. The van der Waals surface area contributed by atoms with Crippen molar-refractivity contribution in [1.29, 1.82) is 0 Å². The summed E-state index contributed by atoms with van der Waals surface area (Å²) in [6.45, 7) is 4.66. The summed E-state index contributed by atoms with van der Waals surface area (Å²) in [6.07, 6.45) is 3.17. The maximum atomic E-state index is 13.0. The van der Waals surface area contributed by atoms with E-state index in [9.17, 15) is 14.9 Å². The maximum Gasteiger partial charge on any atom is 0.270 e. The Morgan fingerprint density at radius 2 is 1.71 bits per heavy atom. The molecule has 1 heterocycles. The molecule has 174 valence electrons. The Bertz CT molecular complexity index is 1280. The molecule has 34 heavy (non-hydrogen) atoms. The van der Waals surface area contributed by atoms with Gasteiger partial charge in [-0.15, -0.1) is 0 Å². The van der Waals surface area contributed by atoms with Gasteiger partial charge in [-0.2, -0.15) is 0 Å². The van der Waals surface area contributed by atoms with E-state index in [0.29, 0.717) is 6.54 Å². The first-order valence-corrected chi connectivity index (χ1v) is 11.6. The topological polar surface area (TPSA) is 77.2 Å². The largest absolute Gasteiger partial charge is 0.354 e. The number of fused-ring (bicyclic) bond motifs is 1. The highest BCUT2D eigenvalue weighted by Crippen LogP contribution is 2.36. The normalized spacial score (nSPS) is 12.9. The monoisotopic (exact) mass is 455 g/mol. The average Bonchev–Trinajstić information content (AvgIpc) is 3.20. The summed E-state index contributed by atoms with van der Waals surface area (Å²) in [5.74, 6) is -0.260. The van der Waals surface area contributed by atoms with Crippen molar-refractivity contribution in [2.45, 2.75) is 45.2 Å². The number of rotatable bonds is 9. The van der Waals surface area contributed by atoms with Crippen LogP contribution < -0.4 is 5.32 Å². The molecule has 0 aliphatic heterocycles. The first-order valence-electron chi connectivity index (χ1n) is 11.6. The van der Waals surface area contributed by atoms with Crippen LogP contribution in [0.25, 0.3) is 10.9 Å². The van der Waals surface area contributed by atoms with E-state index in [2.05, 4.69) is 28.2 Å². The second kappa shape index (κ2) is 10.3. The Kier molecular flexibility index (Phi) is 7.07. The van der Waals surface area contributed by atoms with Gasteiger partial charge in [0, 0.05) is 54.2 Å². The summed E-state index contributed by atoms with van der Waals surface area (Å²) in [4.78, 5) is 24.1. The number of nitrogens with zero attached hydrogens (tertiary/aromatic N) is 2. The molecular weight excluding hydrogens is 426 g/mol. The maximum absolute atomic E-state index is 13.0. The molecule has 6 heteroatoms. The molecule has 4 aromatic rings. The van der Waals surface area contributed by atoms with E-state index < -0.39 is 0 Å². The minimum absolute atomic E-state index is 0.0300. The van der Waals surface area contributed by atoms with Crippen LogP contribution in [0, 0.1) is 10.1 Å². The van der Waals surface area contributed by atoms with E-state index in [4.69, 9.17) is 0 Å². The lowest BCUT2D eigenvalue weighted by atomic mass is 9.88. The Morgan fingerprint density at radius 3 is 2.35 bits per heavy atom. The van der Waals surface area contributed by atoms with E-state index in [1.165, 1.54) is 0 Å². The summed E-state index contributed by atoms with van der Waals surface area (Å²) in [5, 5.41) is 15.4. The molecule has 0 aliphatic rings. The first-order chi connectivity index (χ1) is 16.5. The third-order valence-electron chi connectivity index (χ3n) is 6.29. The number of hydrogen-bond acceptors (Lipinski definition) is 3. The number of hydrogen-bond donors (Lipinski definition) is 1. The highest BCUT2D eigenvalue weighted by molar-refractivity contribution is 5.88. The van der Waals surface area contributed by atoms with Crippen molar-refractivity contribution in [3.63, 3.8) is 0 Å². The predicted octanol–water partition coefficient (Wildman–Crippen LogP) is 6.03. The Hall–Kier alpha value is -3.93. The van der Waals surface area contributed by atoms with Crippen molar-refractivity contribution in [1.82, 2.24) is 9.88 Å². The fourth-order valence-electron chi connectivity index (χ4n) is 4.33. The summed E-state index contributed by atoms with van der Waals surface area (Å²) in [6, 6.07) is 25.1. The third-order valence-corrected chi connectivity index (χ3v) is 6.29. The second-order valence-electron chi connectivity index (χ2n) is 8.70. The number of non-ortho nitro benzene ring substituents is 1. The SMILES string of the molecule is CC[C@@H](C)NC(=O)C[C@@H](c1ccccc1)c1cn(Cc2ccccc2)c2ccc([N+](=O)[O-])cc12. The molecule has 0 saturated carbocycles. The highest BCUT2D eigenvalue weighted by Gasteiger charge is 2.24. The van der Waals surface area contributed by atoms with Gasteiger partial charge in [-0.05, 0) is 36.1 Å². The molecule has 6 nitrogen and oxygen atoms in total. The van der Waals surface area contributed by atoms with Crippen LogP contribution in [0.3, 0.4) is 0 Å². The molecule has 0 spiro atoms. The summed E-state index contributed by atoms with van der Waals surface area (Å²) < 4.78 is 2.12. The quantitative estimate of drug-likeness (QED) is 0.247. The molecule has 3 aromatic carbocycles. The van der Waals surface area contributed by atoms with Crippen LogP contribution in [0.1, 0.15) is 49.3 Å². The van der Waals surface area contributed by atoms with Crippen molar-refractivity contribution in [3.8, 4) is 0 Å². The Labute approximate surface area is 199 Å². The smallest absolute Gasteiger partial charge is 0.270 e. The second-order valence-corrected chi connectivity index (χ2v) is 8.70. The molecule has 0 unspecified atom stereocenters. The van der Waals surface area contributed by atoms with E-state index in [1.54, 1.807) is 18.2 Å². The molecular formula is C28H29N3O3. The fraction of sp³-hybridized carbons (Fsp3) is 0.250. The van der Waals surface area contributed by atoms with Gasteiger partial charge in [0.25, 0.3) is 5.69 Å². The molecule has 0 bridgehead atoms. The molecule has 4 rings (SSSR count). The molecule has 0 radical (unpaired) electrons. The number of benzene rings is 3. The van der Waals surface area contributed by atoms with Gasteiger partial charge >= 0.3 is 0 Å². The molecule has 1 N–H and O–H groups in total. The van der Waals surface area contributed by atoms with Gasteiger partial charge in [0.2, 0.25) is 5.91 Å². The summed E-state index contributed by atoms with van der Waals surface area (Å²) in [5.41, 5.74) is 4.01. The Morgan fingerprint density at radius 1 is 1.03 bits per heavy atom. The van der Waals surface area contributed by atoms with Gasteiger partial charge in [-0.1, -0.05) is 67.6 Å². The van der Waals surface area contributed by atoms with Gasteiger partial charge in [-0.3, -0.25) is 14.9 Å². The number of amides is 1. The predicted molar refractivity (Wildman–Crippen MR) is 135 cm³/mol. The van der Waals surface area contributed by atoms with Gasteiger partial charge < -0.3 is 9.88 Å². The molecule has 1 amide bonds. The van der Waals surface area contributed by atoms with E-state index in [0.717, 1.165) is 34.0 Å². The van der Waals surface area contributed by atoms with Crippen molar-refractivity contribution in [3.05, 3.63) is 112 Å². The molecule has 0 fully saturated rings. The van der Waals surface area contributed by atoms with Crippen LogP contribution in [-0.2, 0) is 11.3 Å². The number of carbonyl (C=O) groups is 1. The fourth-order valence-corrected chi connectivity index (χ4v) is 4.33. The van der Waals surface area contributed by atoms with Gasteiger partial charge in [0.1, 0.15) is 0 Å². The van der Waals surface area contributed by atoms with Crippen molar-refractivity contribution < 1.29 is 9.72 Å². The molecule has 0 aliphatic carbocycles. The van der Waals surface area contributed by atoms with Gasteiger partial charge in [0.15, 0.2) is 0 Å². The van der Waals surface area contributed by atoms with Gasteiger partial charge in [0.05, 0.1) is 4.92 Å². The zero-order chi connectivity index (χ0) is 24.1. The minimum atomic E-state index is -0.370. The number of nitro benzene ring substituents is 1. The standard InChI is InChI=1S/C28H29N3O3/c1-3-20(2)29-28(32)17-24(22-12-8-5-9-13-22)26-19-30(18-21-10-6-4-7-11-21)27-15-14-23(31(33)34)16-25(26)27/h4-16,19-20,24H,3,17-18H2,1-2H3,(H,29,32)/t20-,24+/m1/s1. The van der Waals surface area contributed by atoms with Crippen molar-refractivity contribution in [2.24, 2.45) is 0 Å². The van der Waals surface area contributed by atoms with E-state index >= 15 is 0 Å². The van der Waals surface area contributed by atoms with Crippen LogP contribution in [0.15, 0.2) is 85.1 Å². The van der Waals surface area contributed by atoms with E-state index in [1.807, 2.05) is 62.4 Å². The summed E-state index contributed by atoms with van der Waals surface area (Å²) >= 11 is 0. The number of nitro groups is 1. The number of nitrogens with one attached hydrogen (secondary N) is 1. The number of aromatic nitrogens is 1. The highest BCUT2D eigenvalue weighted by atomic mass is 16.6. The Balaban J connectivity index is 1.84. The average molecular weight is 456 g/mol. The van der Waals surface area contributed by atoms with Crippen LogP contribution in [-0.4, -0.2) is 21.4 Å². The zero-order valence-electron chi connectivity index (χ0n) is 19.5. The minimum Gasteiger partial charge on any atom is -0.354 e. The number of carbonyl (C=O) groups excluding carboxylic acids is 1. The molecule has 1 aromatic heterocycles. The lowest BCUT2D eigenvalue weighted by Crippen LogP contribution is -2.33. The third kappa shape index (κ3) is 5.17. The lowest BCUT2D eigenvalue weighted by molar-refractivity contribution is -0.384. The molecule has 0 saturated heterocycles. The molecule has 2 atom stereocenters. The van der Waals surface area contributed by atoms with Crippen LogP contribution >= 0.6 is 0 Å².